The van der Waals surface area contributed by atoms with Gasteiger partial charge in [-0.15, -0.1) is 11.3 Å². The largest absolute Gasteiger partial charge is 0.493 e. The number of benzene rings is 1. The third-order valence-electron chi connectivity index (χ3n) is 5.69. The van der Waals surface area contributed by atoms with Gasteiger partial charge >= 0.3 is 0 Å². The van der Waals surface area contributed by atoms with Crippen LogP contribution in [0.1, 0.15) is 36.6 Å². The van der Waals surface area contributed by atoms with Crippen LogP contribution in [0, 0.1) is 23.6 Å². The molecule has 1 aromatic carbocycles. The minimum absolute atomic E-state index is 0.178. The summed E-state index contributed by atoms with van der Waals surface area (Å²) in [5, 5.41) is 13.8. The van der Waals surface area contributed by atoms with Crippen LogP contribution in [0.2, 0.25) is 0 Å². The van der Waals surface area contributed by atoms with Gasteiger partial charge in [0.2, 0.25) is 0 Å². The molecule has 5 atom stereocenters. The third kappa shape index (κ3) is 3.20. The quantitative estimate of drug-likeness (QED) is 0.899. The number of rotatable bonds is 4. The molecule has 0 radical (unpaired) electrons. The SMILES string of the molecule is O[C@@H]1C[C@@H]2CC(c3nccs3)CC[C@@H]2C1COc1ccc(F)cc1. The molecule has 2 saturated carbocycles. The molecule has 1 heterocycles. The molecule has 0 spiro atoms. The van der Waals surface area contributed by atoms with Crippen LogP contribution < -0.4 is 4.74 Å². The highest BCUT2D eigenvalue weighted by Gasteiger charge is 2.46. The first-order valence-corrected chi connectivity index (χ1v) is 9.54. The lowest BCUT2D eigenvalue weighted by atomic mass is 9.73. The molecule has 1 aromatic heterocycles. The smallest absolute Gasteiger partial charge is 0.123 e. The molecule has 128 valence electrons. The molecule has 3 nitrogen and oxygen atoms in total. The van der Waals surface area contributed by atoms with Crippen molar-refractivity contribution in [2.24, 2.45) is 17.8 Å². The van der Waals surface area contributed by atoms with E-state index in [1.165, 1.54) is 17.1 Å². The van der Waals surface area contributed by atoms with E-state index < -0.39 is 0 Å². The van der Waals surface area contributed by atoms with Crippen LogP contribution in [0.4, 0.5) is 4.39 Å². The summed E-state index contributed by atoms with van der Waals surface area (Å²) in [6.07, 6.45) is 5.86. The maximum atomic E-state index is 13.0. The van der Waals surface area contributed by atoms with E-state index in [1.54, 1.807) is 23.5 Å². The lowest BCUT2D eigenvalue weighted by molar-refractivity contribution is 0.0740. The Kier molecular flexibility index (Phi) is 4.55. The summed E-state index contributed by atoms with van der Waals surface area (Å²) in [5.41, 5.74) is 0. The third-order valence-corrected chi connectivity index (χ3v) is 6.62. The molecule has 2 fully saturated rings. The van der Waals surface area contributed by atoms with Crippen LogP contribution in [-0.4, -0.2) is 22.8 Å². The molecular weight excluding hydrogens is 325 g/mol. The summed E-state index contributed by atoms with van der Waals surface area (Å²) in [7, 11) is 0. The summed E-state index contributed by atoms with van der Waals surface area (Å²) in [4.78, 5) is 4.48. The lowest BCUT2D eigenvalue weighted by Gasteiger charge is -2.33. The van der Waals surface area contributed by atoms with Gasteiger partial charge in [-0.25, -0.2) is 9.37 Å². The van der Waals surface area contributed by atoms with Gasteiger partial charge in [-0.1, -0.05) is 0 Å². The molecule has 2 unspecified atom stereocenters. The van der Waals surface area contributed by atoms with Crippen molar-refractivity contribution < 1.29 is 14.2 Å². The monoisotopic (exact) mass is 347 g/mol. The minimum atomic E-state index is -0.296. The van der Waals surface area contributed by atoms with E-state index in [0.29, 0.717) is 30.1 Å². The van der Waals surface area contributed by atoms with Crippen LogP contribution in [0.15, 0.2) is 35.8 Å². The van der Waals surface area contributed by atoms with E-state index in [4.69, 9.17) is 4.74 Å². The molecule has 0 saturated heterocycles. The molecule has 4 rings (SSSR count). The number of aromatic nitrogens is 1. The Balaban J connectivity index is 1.38. The summed E-state index contributed by atoms with van der Waals surface area (Å²) in [6, 6.07) is 6.10. The Morgan fingerprint density at radius 2 is 2.04 bits per heavy atom. The number of hydrogen-bond donors (Lipinski definition) is 1. The maximum Gasteiger partial charge on any atom is 0.123 e. The maximum absolute atomic E-state index is 13.0. The normalized spacial score (nSPS) is 32.5. The van der Waals surface area contributed by atoms with E-state index >= 15 is 0 Å². The second kappa shape index (κ2) is 6.81. The van der Waals surface area contributed by atoms with Crippen molar-refractivity contribution in [3.63, 3.8) is 0 Å². The molecule has 2 aromatic rings. The zero-order valence-corrected chi connectivity index (χ0v) is 14.3. The number of fused-ring (bicyclic) bond motifs is 1. The van der Waals surface area contributed by atoms with Crippen molar-refractivity contribution in [3.05, 3.63) is 46.7 Å². The standard InChI is InChI=1S/C19H22FNO2S/c20-14-2-4-15(5-3-14)23-11-17-16-6-1-12(19-21-7-8-24-19)9-13(16)10-18(17)22/h2-5,7-8,12-13,16-18,22H,1,6,9-11H2/t12?,13-,16-,17?,18+/m0/s1. The highest BCUT2D eigenvalue weighted by atomic mass is 32.1. The Morgan fingerprint density at radius 1 is 1.21 bits per heavy atom. The first kappa shape index (κ1) is 16.0. The fourth-order valence-corrected chi connectivity index (χ4v) is 5.30. The highest BCUT2D eigenvalue weighted by molar-refractivity contribution is 7.09. The second-order valence-corrected chi connectivity index (χ2v) is 7.96. The predicted octanol–water partition coefficient (Wildman–Crippen LogP) is 4.24. The number of halogens is 1. The van der Waals surface area contributed by atoms with Crippen molar-refractivity contribution in [2.45, 2.75) is 37.7 Å². The van der Waals surface area contributed by atoms with E-state index in [1.807, 2.05) is 11.6 Å². The van der Waals surface area contributed by atoms with Crippen LogP contribution in [0.3, 0.4) is 0 Å². The fourth-order valence-electron chi connectivity index (χ4n) is 4.51. The summed E-state index contributed by atoms with van der Waals surface area (Å²) >= 11 is 1.74. The zero-order valence-electron chi connectivity index (χ0n) is 13.5. The van der Waals surface area contributed by atoms with Crippen molar-refractivity contribution in [2.75, 3.05) is 6.61 Å². The van der Waals surface area contributed by atoms with Crippen LogP contribution >= 0.6 is 11.3 Å². The van der Waals surface area contributed by atoms with Gasteiger partial charge in [0.15, 0.2) is 0 Å². The lowest BCUT2D eigenvalue weighted by Crippen LogP contribution is -2.29. The summed E-state index contributed by atoms with van der Waals surface area (Å²) in [6.45, 7) is 0.510. The number of ether oxygens (including phenoxy) is 1. The van der Waals surface area contributed by atoms with Crippen LogP contribution in [-0.2, 0) is 0 Å². The highest BCUT2D eigenvalue weighted by Crippen LogP contribution is 2.50. The minimum Gasteiger partial charge on any atom is -0.493 e. The molecule has 0 bridgehead atoms. The Morgan fingerprint density at radius 3 is 2.79 bits per heavy atom. The van der Waals surface area contributed by atoms with Crippen LogP contribution in [0.5, 0.6) is 5.75 Å². The van der Waals surface area contributed by atoms with Gasteiger partial charge < -0.3 is 9.84 Å². The van der Waals surface area contributed by atoms with Gasteiger partial charge in [0.25, 0.3) is 0 Å². The van der Waals surface area contributed by atoms with Crippen molar-refractivity contribution >= 4 is 11.3 Å². The van der Waals surface area contributed by atoms with E-state index in [2.05, 4.69) is 4.98 Å². The summed E-state index contributed by atoms with van der Waals surface area (Å²) in [5.74, 6) is 2.22. The molecule has 0 amide bonds. The van der Waals surface area contributed by atoms with E-state index in [9.17, 15) is 9.50 Å². The first-order chi connectivity index (χ1) is 11.7. The van der Waals surface area contributed by atoms with Gasteiger partial charge in [0, 0.05) is 23.4 Å². The number of aliphatic hydroxyl groups excluding tert-OH is 1. The van der Waals surface area contributed by atoms with Gasteiger partial charge in [0.05, 0.1) is 17.7 Å². The Hall–Kier alpha value is -1.46. The van der Waals surface area contributed by atoms with Crippen LogP contribution in [0.25, 0.3) is 0 Å². The van der Waals surface area contributed by atoms with Gasteiger partial charge in [-0.05, 0) is 61.8 Å². The first-order valence-electron chi connectivity index (χ1n) is 8.66. The molecule has 0 aliphatic heterocycles. The Bertz CT molecular complexity index is 661. The van der Waals surface area contributed by atoms with Gasteiger partial charge in [-0.3, -0.25) is 0 Å². The predicted molar refractivity (Wildman–Crippen MR) is 91.7 cm³/mol. The number of hydrogen-bond acceptors (Lipinski definition) is 4. The second-order valence-electron chi connectivity index (χ2n) is 7.04. The average Bonchev–Trinajstić information content (AvgIpc) is 3.21. The number of nitrogens with zero attached hydrogens (tertiary/aromatic N) is 1. The molecule has 2 aliphatic carbocycles. The van der Waals surface area contributed by atoms with Gasteiger partial charge in [-0.2, -0.15) is 0 Å². The molecule has 1 N–H and O–H groups in total. The number of thiazole rings is 1. The topological polar surface area (TPSA) is 42.4 Å². The molecule has 2 aliphatic rings. The van der Waals surface area contributed by atoms with Crippen molar-refractivity contribution in [1.82, 2.24) is 4.98 Å². The van der Waals surface area contributed by atoms with Crippen molar-refractivity contribution in [3.8, 4) is 5.75 Å². The zero-order chi connectivity index (χ0) is 16.5. The fraction of sp³-hybridized carbons (Fsp3) is 0.526. The number of aliphatic hydroxyl groups is 1. The molecule has 24 heavy (non-hydrogen) atoms. The van der Waals surface area contributed by atoms with Gasteiger partial charge in [0.1, 0.15) is 11.6 Å². The summed E-state index contributed by atoms with van der Waals surface area (Å²) < 4.78 is 18.8. The van der Waals surface area contributed by atoms with E-state index in [0.717, 1.165) is 25.7 Å². The van der Waals surface area contributed by atoms with Crippen molar-refractivity contribution in [1.29, 1.82) is 0 Å². The molecular formula is C19H22FNO2S. The average molecular weight is 347 g/mol. The van der Waals surface area contributed by atoms with E-state index in [-0.39, 0.29) is 17.8 Å². The Labute approximate surface area is 145 Å². The molecule has 5 heteroatoms.